The zero-order chi connectivity index (χ0) is 5.41. The first kappa shape index (κ1) is 16.2. The van der Waals surface area contributed by atoms with Crippen molar-refractivity contribution in [2.24, 2.45) is 0 Å². The Kier molecular flexibility index (Phi) is 132. The Bertz CT molecular complexity index is 68.7. The van der Waals surface area contributed by atoms with E-state index >= 15 is 0 Å². The van der Waals surface area contributed by atoms with Gasteiger partial charge in [-0.05, 0) is 5.01 Å². The van der Waals surface area contributed by atoms with Crippen LogP contribution in [-0.2, 0) is 22.4 Å². The van der Waals surface area contributed by atoms with Crippen molar-refractivity contribution >= 4 is 0 Å². The minimum atomic E-state index is 0. The third-order valence-electron chi connectivity index (χ3n) is 0. The van der Waals surface area contributed by atoms with E-state index in [-0.39, 0.29) is 22.4 Å². The predicted molar refractivity (Wildman–Crippen MR) is 18.4 cm³/mol. The zero-order valence-corrected chi connectivity index (χ0v) is 5.22. The molecule has 0 unspecified atom stereocenters. The van der Waals surface area contributed by atoms with Gasteiger partial charge in [-0.2, -0.15) is 6.57 Å². The molecule has 0 bridgehead atoms. The summed E-state index contributed by atoms with van der Waals surface area (Å²) in [6.07, 6.45) is 0. The summed E-state index contributed by atoms with van der Waals surface area (Å²) in [6.45, 7) is 10.7. The smallest absolute Gasteiger partial charge is 0.539 e. The first-order valence-corrected chi connectivity index (χ1v) is 0.830. The molecule has 0 spiro atoms. The number of rotatable bonds is 0. The van der Waals surface area contributed by atoms with E-state index in [0.717, 1.165) is 0 Å². The van der Waals surface area contributed by atoms with Crippen molar-refractivity contribution in [3.05, 3.63) is 28.4 Å². The van der Waals surface area contributed by atoms with Crippen molar-refractivity contribution in [2.45, 2.75) is 0 Å². The van der Waals surface area contributed by atoms with Crippen LogP contribution in [0.3, 0.4) is 0 Å². The molecule has 0 aromatic carbocycles. The Labute approximate surface area is 56.4 Å². The second-order valence-corrected chi connectivity index (χ2v) is 0.191. The third-order valence-corrected chi connectivity index (χ3v) is 0. The van der Waals surface area contributed by atoms with Crippen LogP contribution in [0.1, 0.15) is 0 Å². The van der Waals surface area contributed by atoms with Crippen LogP contribution in [-0.4, -0.2) is 5.21 Å². The molecule has 0 heterocycles. The summed E-state index contributed by atoms with van der Waals surface area (Å²) in [5, 5.41) is 18.3. The molecule has 0 atom stereocenters. The van der Waals surface area contributed by atoms with E-state index in [2.05, 4.69) is 0 Å². The van der Waals surface area contributed by atoms with Crippen LogP contribution >= 0.6 is 0 Å². The van der Waals surface area contributed by atoms with E-state index in [0.29, 0.717) is 0 Å². The van der Waals surface area contributed by atoms with Gasteiger partial charge in [0.25, 0.3) is 0 Å². The third kappa shape index (κ3) is 127. The van der Waals surface area contributed by atoms with Gasteiger partial charge in [0.15, 0.2) is 0 Å². The fourth-order valence-electron chi connectivity index (χ4n) is 0. The average Bonchev–Trinajstić information content (AvgIpc) is 1.39. The molecule has 1 N–H and O–H groups in total. The van der Waals surface area contributed by atoms with Gasteiger partial charge in [-0.15, -0.1) is 0 Å². The molecule has 42 valence electrons. The molecule has 0 radical (unpaired) electrons. The van der Waals surface area contributed by atoms with Gasteiger partial charge in [0.1, 0.15) is 0 Å². The SMILES string of the molecule is [Au+].[C-]#[N+]O.[C-]#[N+][O-]. The quantitative estimate of drug-likeness (QED) is 0.404. The van der Waals surface area contributed by atoms with Crippen molar-refractivity contribution < 1.29 is 27.6 Å². The largest absolute Gasteiger partial charge is 1.00 e. The summed E-state index contributed by atoms with van der Waals surface area (Å²) in [5.41, 5.74) is 0. The topological polar surface area (TPSA) is 52.0 Å². The molecule has 4 nitrogen and oxygen atoms in total. The monoisotopic (exact) mass is 282 g/mol. The molecule has 0 aromatic rings. The maximum absolute atomic E-state index is 8.22. The van der Waals surface area contributed by atoms with Gasteiger partial charge < -0.3 is 5.21 Å². The Morgan fingerprint density at radius 1 is 1.43 bits per heavy atom. The summed E-state index contributed by atoms with van der Waals surface area (Å²) in [6, 6.07) is 0. The van der Waals surface area contributed by atoms with E-state index < -0.39 is 0 Å². The Hall–Kier alpha value is -0.680. The van der Waals surface area contributed by atoms with E-state index in [9.17, 15) is 0 Å². The van der Waals surface area contributed by atoms with Gasteiger partial charge >= 0.3 is 22.4 Å². The Balaban J connectivity index is -0.0000000400. The molecule has 0 aliphatic carbocycles. The second-order valence-electron chi connectivity index (χ2n) is 0.191. The van der Waals surface area contributed by atoms with Crippen LogP contribution in [0.4, 0.5) is 0 Å². The first-order valence-electron chi connectivity index (χ1n) is 0.830. The van der Waals surface area contributed by atoms with Crippen molar-refractivity contribution in [2.75, 3.05) is 0 Å². The Morgan fingerprint density at radius 3 is 1.43 bits per heavy atom. The van der Waals surface area contributed by atoms with E-state index in [1.165, 1.54) is 5.01 Å². The van der Waals surface area contributed by atoms with Crippen LogP contribution < -0.4 is 0 Å². The molecule has 0 saturated carbocycles. The average molecular weight is 282 g/mol. The normalized spacial score (nSPS) is 2.00. The van der Waals surface area contributed by atoms with Crippen molar-refractivity contribution in [1.82, 2.24) is 0 Å². The maximum Gasteiger partial charge on any atom is 1.00 e. The van der Waals surface area contributed by atoms with Crippen LogP contribution in [0.2, 0.25) is 0 Å². The van der Waals surface area contributed by atoms with Crippen LogP contribution in [0.5, 0.6) is 0 Å². The standard InChI is InChI=1S/CHNO.CNO.Au/c2*1-2-3;/h3H;;/q;-1;+1. The van der Waals surface area contributed by atoms with Gasteiger partial charge in [0, 0.05) is 0 Å². The van der Waals surface area contributed by atoms with E-state index in [1.54, 1.807) is 5.01 Å². The molecule has 0 aliphatic heterocycles. The van der Waals surface area contributed by atoms with Crippen LogP contribution in [0, 0.1) is 18.4 Å². The molecule has 0 fully saturated rings. The molecule has 7 heavy (non-hydrogen) atoms. The number of hydrogen-bond acceptors (Lipinski definition) is 2. The molecular formula is C2HAuN2O2. The van der Waals surface area contributed by atoms with Gasteiger partial charge in [-0.1, -0.05) is 0 Å². The zero-order valence-electron chi connectivity index (χ0n) is 3.05. The van der Waals surface area contributed by atoms with Crippen LogP contribution in [0.15, 0.2) is 0 Å². The summed E-state index contributed by atoms with van der Waals surface area (Å²) in [4.78, 5) is 0. The molecule has 0 saturated heterocycles. The van der Waals surface area contributed by atoms with Crippen LogP contribution in [0.25, 0.3) is 10.0 Å². The molecule has 5 heteroatoms. The van der Waals surface area contributed by atoms with Crippen molar-refractivity contribution in [1.29, 1.82) is 0 Å². The fourth-order valence-corrected chi connectivity index (χ4v) is 0. The predicted octanol–water partition coefficient (Wildman–Crippen LogP) is 0.696. The van der Waals surface area contributed by atoms with Crippen molar-refractivity contribution in [3.8, 4) is 0 Å². The summed E-state index contributed by atoms with van der Waals surface area (Å²) < 4.78 is 0. The fraction of sp³-hybridized carbons (Fsp3) is 0. The second kappa shape index (κ2) is 57.0. The van der Waals surface area contributed by atoms with Crippen molar-refractivity contribution in [3.63, 3.8) is 0 Å². The van der Waals surface area contributed by atoms with Gasteiger partial charge in [-0.25, -0.2) is 11.8 Å². The summed E-state index contributed by atoms with van der Waals surface area (Å²) in [7, 11) is 0. The van der Waals surface area contributed by atoms with Gasteiger partial charge in [0.05, 0.1) is 0 Å². The molecule has 0 aliphatic rings. The van der Waals surface area contributed by atoms with Gasteiger partial charge in [-0.3, -0.25) is 5.01 Å². The van der Waals surface area contributed by atoms with E-state index in [1.807, 2.05) is 0 Å². The van der Waals surface area contributed by atoms with Gasteiger partial charge in [0.2, 0.25) is 0 Å². The molecule has 0 aromatic heterocycles. The summed E-state index contributed by atoms with van der Waals surface area (Å²) >= 11 is 0. The number of nitrogens with zero attached hydrogens (tertiary/aromatic N) is 2. The van der Waals surface area contributed by atoms with E-state index in [4.69, 9.17) is 23.6 Å². The summed E-state index contributed by atoms with van der Waals surface area (Å²) in [5.74, 6) is 0. The molecular weight excluding hydrogens is 281 g/mol. The number of hydrogen-bond donors (Lipinski definition) is 1. The maximum atomic E-state index is 8.22. The first-order chi connectivity index (χ1) is 2.83. The molecule has 0 amide bonds. The minimum absolute atomic E-state index is 0. The molecule has 0 rings (SSSR count). The minimum Gasteiger partial charge on any atom is -0.539 e. The Morgan fingerprint density at radius 2 is 1.43 bits per heavy atom.